The van der Waals surface area contributed by atoms with Crippen LogP contribution in [0.4, 0.5) is 5.69 Å². The molecule has 0 radical (unpaired) electrons. The predicted octanol–water partition coefficient (Wildman–Crippen LogP) is 5.03. The fraction of sp³-hybridized carbons (Fsp3) is 0.615. The largest absolute Gasteiger partial charge is 0.392 e. The molecule has 5 heteroatoms. The first kappa shape index (κ1) is 25.3. The summed E-state index contributed by atoms with van der Waals surface area (Å²) in [4.78, 5) is 24.3. The highest BCUT2D eigenvalue weighted by Gasteiger charge is 2.39. The smallest absolute Gasteiger partial charge is 0.224 e. The molecule has 3 N–H and O–H groups in total. The minimum atomic E-state index is -0.640. The Morgan fingerprint density at radius 1 is 1.13 bits per heavy atom. The Balaban J connectivity index is 1.66. The fourth-order valence-electron chi connectivity index (χ4n) is 4.30. The number of Topliss-reactive ketones (excluding diaryl/α,β-unsaturated/α-hetero) is 1. The molecule has 0 heterocycles. The van der Waals surface area contributed by atoms with Crippen molar-refractivity contribution in [3.63, 3.8) is 0 Å². The van der Waals surface area contributed by atoms with Crippen LogP contribution in [0.25, 0.3) is 0 Å². The van der Waals surface area contributed by atoms with E-state index < -0.39 is 12.2 Å². The number of carbonyl (C=O) groups is 2. The number of benzene rings is 1. The quantitative estimate of drug-likeness (QED) is 0.286. The van der Waals surface area contributed by atoms with Gasteiger partial charge in [-0.25, -0.2) is 0 Å². The molecule has 1 aromatic rings. The molecule has 1 saturated carbocycles. The summed E-state index contributed by atoms with van der Waals surface area (Å²) in [5, 5.41) is 23.3. The van der Waals surface area contributed by atoms with E-state index in [-0.39, 0.29) is 29.9 Å². The van der Waals surface area contributed by atoms with Crippen molar-refractivity contribution in [2.75, 3.05) is 5.32 Å². The Hall–Kier alpha value is -1.98. The molecule has 1 fully saturated rings. The maximum Gasteiger partial charge on any atom is 0.224 e. The molecule has 2 rings (SSSR count). The molecule has 0 bridgehead atoms. The molecule has 1 aromatic carbocycles. The third kappa shape index (κ3) is 9.36. The summed E-state index contributed by atoms with van der Waals surface area (Å²) in [5.41, 5.74) is 0.820. The Morgan fingerprint density at radius 3 is 2.61 bits per heavy atom. The van der Waals surface area contributed by atoms with Gasteiger partial charge >= 0.3 is 0 Å². The van der Waals surface area contributed by atoms with Gasteiger partial charge in [-0.05, 0) is 31.4 Å². The molecule has 0 aliphatic heterocycles. The number of hydrogen-bond acceptors (Lipinski definition) is 4. The average Bonchev–Trinajstić information content (AvgIpc) is 3.02. The van der Waals surface area contributed by atoms with Crippen LogP contribution in [-0.4, -0.2) is 34.1 Å². The van der Waals surface area contributed by atoms with Gasteiger partial charge in [-0.1, -0.05) is 75.8 Å². The van der Waals surface area contributed by atoms with Gasteiger partial charge in [-0.3, -0.25) is 9.59 Å². The summed E-state index contributed by atoms with van der Waals surface area (Å²) >= 11 is 0. The van der Waals surface area contributed by atoms with Gasteiger partial charge in [0.25, 0.3) is 0 Å². The van der Waals surface area contributed by atoms with Crippen molar-refractivity contribution in [3.05, 3.63) is 42.5 Å². The molecule has 31 heavy (non-hydrogen) atoms. The lowest BCUT2D eigenvalue weighted by molar-refractivity contribution is -0.121. The standard InChI is InChI=1S/C26H39NO4/c1-2-3-7-14-21(28)17-18-23-22(24(29)19-25(23)30)15-10-4-5-11-16-26(31)27-20-12-8-6-9-13-20/h6,8-9,12-13,17-18,21-23,25,28,30H,2-5,7,10-11,14-16,19H2,1H3,(H,27,31)/b18-17+/t21?,22-,23-,25-/m1/s1. The molecule has 0 aromatic heterocycles. The molecule has 1 aliphatic rings. The Labute approximate surface area is 186 Å². The van der Waals surface area contributed by atoms with E-state index in [2.05, 4.69) is 12.2 Å². The third-order valence-electron chi connectivity index (χ3n) is 6.12. The van der Waals surface area contributed by atoms with Crippen molar-refractivity contribution in [3.8, 4) is 0 Å². The summed E-state index contributed by atoms with van der Waals surface area (Å²) in [6, 6.07) is 9.46. The van der Waals surface area contributed by atoms with Gasteiger partial charge in [0.15, 0.2) is 0 Å². The van der Waals surface area contributed by atoms with Crippen LogP contribution in [-0.2, 0) is 9.59 Å². The molecular formula is C26H39NO4. The van der Waals surface area contributed by atoms with Crippen molar-refractivity contribution >= 4 is 17.4 Å². The zero-order valence-electron chi connectivity index (χ0n) is 18.8. The molecular weight excluding hydrogens is 390 g/mol. The van der Waals surface area contributed by atoms with Crippen LogP contribution >= 0.6 is 0 Å². The van der Waals surface area contributed by atoms with E-state index in [1.165, 1.54) is 0 Å². The van der Waals surface area contributed by atoms with Gasteiger partial charge in [0.2, 0.25) is 5.91 Å². The van der Waals surface area contributed by atoms with Crippen LogP contribution in [0.3, 0.4) is 0 Å². The minimum absolute atomic E-state index is 0.0305. The molecule has 0 spiro atoms. The highest BCUT2D eigenvalue weighted by atomic mass is 16.3. The first-order valence-electron chi connectivity index (χ1n) is 11.9. The normalized spacial score (nSPS) is 22.2. The van der Waals surface area contributed by atoms with Crippen molar-refractivity contribution in [2.24, 2.45) is 11.8 Å². The van der Waals surface area contributed by atoms with E-state index >= 15 is 0 Å². The summed E-state index contributed by atoms with van der Waals surface area (Å²) in [5.74, 6) is -0.187. The first-order chi connectivity index (χ1) is 15.0. The number of carbonyl (C=O) groups excluding carboxylic acids is 2. The number of anilines is 1. The van der Waals surface area contributed by atoms with Crippen LogP contribution < -0.4 is 5.32 Å². The summed E-state index contributed by atoms with van der Waals surface area (Å²) in [6.45, 7) is 2.13. The van der Waals surface area contributed by atoms with E-state index in [1.54, 1.807) is 6.08 Å². The molecule has 1 aliphatic carbocycles. The van der Waals surface area contributed by atoms with E-state index in [4.69, 9.17) is 0 Å². The molecule has 4 atom stereocenters. The minimum Gasteiger partial charge on any atom is -0.392 e. The number of unbranched alkanes of at least 4 members (excludes halogenated alkanes) is 5. The van der Waals surface area contributed by atoms with E-state index in [1.807, 2.05) is 36.4 Å². The van der Waals surface area contributed by atoms with Crippen LogP contribution in [0.15, 0.2) is 42.5 Å². The van der Waals surface area contributed by atoms with Gasteiger partial charge in [-0.2, -0.15) is 0 Å². The average molecular weight is 430 g/mol. The lowest BCUT2D eigenvalue weighted by Crippen LogP contribution is -2.19. The number of hydrogen-bond donors (Lipinski definition) is 3. The predicted molar refractivity (Wildman–Crippen MR) is 125 cm³/mol. The van der Waals surface area contributed by atoms with Crippen molar-refractivity contribution in [2.45, 2.75) is 89.8 Å². The van der Waals surface area contributed by atoms with Crippen LogP contribution in [0, 0.1) is 11.8 Å². The maximum atomic E-state index is 12.3. The zero-order chi connectivity index (χ0) is 22.5. The van der Waals surface area contributed by atoms with E-state index in [9.17, 15) is 19.8 Å². The second-order valence-corrected chi connectivity index (χ2v) is 8.74. The van der Waals surface area contributed by atoms with Crippen LogP contribution in [0.1, 0.15) is 77.6 Å². The number of amides is 1. The molecule has 0 saturated heterocycles. The van der Waals surface area contributed by atoms with Crippen molar-refractivity contribution < 1.29 is 19.8 Å². The number of rotatable bonds is 14. The second-order valence-electron chi connectivity index (χ2n) is 8.74. The van der Waals surface area contributed by atoms with E-state index in [0.717, 1.165) is 63.5 Å². The fourth-order valence-corrected chi connectivity index (χ4v) is 4.30. The molecule has 1 unspecified atom stereocenters. The van der Waals surface area contributed by atoms with E-state index in [0.29, 0.717) is 6.42 Å². The lowest BCUT2D eigenvalue weighted by Gasteiger charge is -2.18. The van der Waals surface area contributed by atoms with Crippen LogP contribution in [0.2, 0.25) is 0 Å². The second kappa shape index (κ2) is 14.2. The van der Waals surface area contributed by atoms with Gasteiger partial charge in [0.1, 0.15) is 5.78 Å². The summed E-state index contributed by atoms with van der Waals surface area (Å²) in [7, 11) is 0. The Bertz CT molecular complexity index is 688. The molecule has 172 valence electrons. The SMILES string of the molecule is CCCCCC(O)/C=C/[C@H]1[C@H](O)CC(=O)[C@@H]1CCCCCCC(=O)Nc1ccccc1. The van der Waals surface area contributed by atoms with Crippen molar-refractivity contribution in [1.29, 1.82) is 0 Å². The lowest BCUT2D eigenvalue weighted by atomic mass is 9.88. The number of ketones is 1. The highest BCUT2D eigenvalue weighted by Crippen LogP contribution is 2.34. The van der Waals surface area contributed by atoms with Gasteiger partial charge in [0.05, 0.1) is 12.2 Å². The zero-order valence-corrected chi connectivity index (χ0v) is 18.8. The first-order valence-corrected chi connectivity index (χ1v) is 11.9. The summed E-state index contributed by atoms with van der Waals surface area (Å²) < 4.78 is 0. The van der Waals surface area contributed by atoms with Gasteiger partial charge in [-0.15, -0.1) is 0 Å². The highest BCUT2D eigenvalue weighted by molar-refractivity contribution is 5.90. The Kier molecular flexibility index (Phi) is 11.5. The number of para-hydroxylation sites is 1. The van der Waals surface area contributed by atoms with Gasteiger partial charge in [0, 0.05) is 30.4 Å². The number of aliphatic hydroxyl groups is 2. The number of aliphatic hydroxyl groups excluding tert-OH is 2. The van der Waals surface area contributed by atoms with Crippen LogP contribution in [0.5, 0.6) is 0 Å². The molecule has 1 amide bonds. The number of nitrogens with one attached hydrogen (secondary N) is 1. The molecule has 5 nitrogen and oxygen atoms in total. The summed E-state index contributed by atoms with van der Waals surface area (Å²) in [6.07, 6.45) is 11.5. The third-order valence-corrected chi connectivity index (χ3v) is 6.12. The monoisotopic (exact) mass is 429 g/mol. The maximum absolute atomic E-state index is 12.3. The van der Waals surface area contributed by atoms with Crippen molar-refractivity contribution in [1.82, 2.24) is 0 Å². The topological polar surface area (TPSA) is 86.6 Å². The Morgan fingerprint density at radius 2 is 1.87 bits per heavy atom. The van der Waals surface area contributed by atoms with Gasteiger partial charge < -0.3 is 15.5 Å².